The van der Waals surface area contributed by atoms with Crippen molar-refractivity contribution in [1.82, 2.24) is 0 Å². The molecule has 0 amide bonds. The summed E-state index contributed by atoms with van der Waals surface area (Å²) in [4.78, 5) is 3.13. The Morgan fingerprint density at radius 1 is 1.00 bits per heavy atom. The maximum atomic E-state index is 9.87. The van der Waals surface area contributed by atoms with Crippen LogP contribution in [0.15, 0.2) is 18.2 Å². The quantitative estimate of drug-likeness (QED) is 0.365. The van der Waals surface area contributed by atoms with Crippen LogP contribution < -0.4 is 9.47 Å². The number of hydrogen-bond donors (Lipinski definition) is 0. The minimum absolute atomic E-state index is 0.387. The van der Waals surface area contributed by atoms with Gasteiger partial charge in [0.15, 0.2) is 4.98 Å². The Kier molecular flexibility index (Phi) is 5.44. The van der Waals surface area contributed by atoms with Crippen molar-refractivity contribution in [2.45, 2.75) is 13.8 Å². The molecule has 0 aliphatic heterocycles. The molecule has 0 spiro atoms. The molecule has 0 saturated carbocycles. The molecule has 4 nitrogen and oxygen atoms in total. The molecule has 0 radical (unpaired) electrons. The van der Waals surface area contributed by atoms with Gasteiger partial charge in [0.05, 0.1) is 19.3 Å². The van der Waals surface area contributed by atoms with Crippen LogP contribution in [0.25, 0.3) is 4.98 Å². The first kappa shape index (κ1) is 19.2. The van der Waals surface area contributed by atoms with E-state index in [0.29, 0.717) is 30.4 Å². The fourth-order valence-corrected chi connectivity index (χ4v) is 1.11. The number of halogens is 6. The summed E-state index contributed by atoms with van der Waals surface area (Å²) in [6.45, 7) is 4.89. The summed E-state index contributed by atoms with van der Waals surface area (Å²) in [5.41, 5.74) is 0.387. The third-order valence-corrected chi connectivity index (χ3v) is 1.65. The number of benzene rings is 1. The van der Waals surface area contributed by atoms with Crippen molar-refractivity contribution in [1.29, 1.82) is 5.39 Å². The van der Waals surface area contributed by atoms with Crippen LogP contribution in [0.1, 0.15) is 13.8 Å². The molecule has 0 unspecified atom stereocenters. The first-order chi connectivity index (χ1) is 9.26. The molecule has 11 heteroatoms. The average Bonchev–Trinajstić information content (AvgIpc) is 2.27. The summed E-state index contributed by atoms with van der Waals surface area (Å²) in [6, 6.07) is 5.14. The predicted octanol–water partition coefficient (Wildman–Crippen LogP) is 6.35. The second kappa shape index (κ2) is 5.93. The number of nitrogens with zero attached hydrogens (tertiary/aromatic N) is 2. The van der Waals surface area contributed by atoms with Gasteiger partial charge in [-0.25, -0.2) is 0 Å². The van der Waals surface area contributed by atoms with Gasteiger partial charge in [0.25, 0.3) is 0 Å². The van der Waals surface area contributed by atoms with Crippen LogP contribution in [-0.4, -0.2) is 13.2 Å². The number of ether oxygens (including phenoxy) is 2. The fraction of sp³-hybridized carbons (Fsp3) is 0.400. The molecule has 0 heterocycles. The summed E-state index contributed by atoms with van der Waals surface area (Å²) in [5, 5.41) is 8.73. The van der Waals surface area contributed by atoms with E-state index in [2.05, 4.69) is 4.98 Å². The maximum absolute atomic E-state index is 10.7. The molecule has 122 valence electrons. The molecule has 0 saturated heterocycles. The summed E-state index contributed by atoms with van der Waals surface area (Å²) < 4.78 is 69.7. The minimum atomic E-state index is -10.7. The molecule has 0 bridgehead atoms. The van der Waals surface area contributed by atoms with Crippen LogP contribution in [0.4, 0.5) is 30.9 Å². The molecular weight excluding hydrogens is 325 g/mol. The Hall–Kier alpha value is -1.75. The first-order valence-corrected chi connectivity index (χ1v) is 7.60. The van der Waals surface area contributed by atoms with Gasteiger partial charge >= 0.3 is 38.7 Å². The number of hydrogen-bond acceptors (Lipinski definition) is 3. The van der Waals surface area contributed by atoms with Crippen molar-refractivity contribution in [3.05, 3.63) is 23.2 Å². The van der Waals surface area contributed by atoms with E-state index < -0.39 is 7.81 Å². The van der Waals surface area contributed by atoms with E-state index >= 15 is 0 Å². The third kappa shape index (κ3) is 13.0. The van der Waals surface area contributed by atoms with Gasteiger partial charge in [0.2, 0.25) is 11.1 Å². The molecule has 0 aromatic heterocycles. The van der Waals surface area contributed by atoms with Gasteiger partial charge in [-0.15, -0.1) is 0 Å². The SMILES string of the molecule is CCOc1ccc(OCC)c([N+]#N)c1.F[P-](F)(F)(F)(F)F. The van der Waals surface area contributed by atoms with E-state index in [0.717, 1.165) is 0 Å². The standard InChI is InChI=1S/C10H13N2O2.F6P/c1-3-13-8-5-6-10(14-4-2)9(7-8)12-11;1-7(2,3,4,5)6/h5-7H,3-4H2,1-2H3;/q+1;-1. The van der Waals surface area contributed by atoms with Gasteiger partial charge in [-0.3, -0.25) is 0 Å². The topological polar surface area (TPSA) is 46.6 Å². The molecule has 1 aromatic rings. The third-order valence-electron chi connectivity index (χ3n) is 1.65. The molecule has 0 atom stereocenters. The Bertz CT molecular complexity index is 514. The van der Waals surface area contributed by atoms with E-state index in [1.165, 1.54) is 0 Å². The van der Waals surface area contributed by atoms with Gasteiger partial charge in [0.1, 0.15) is 5.75 Å². The van der Waals surface area contributed by atoms with Crippen molar-refractivity contribution in [2.75, 3.05) is 13.2 Å². The van der Waals surface area contributed by atoms with Crippen LogP contribution >= 0.6 is 7.81 Å². The van der Waals surface area contributed by atoms with Gasteiger partial charge in [-0.05, 0) is 26.0 Å². The zero-order chi connectivity index (χ0) is 16.8. The Morgan fingerprint density at radius 3 is 1.86 bits per heavy atom. The van der Waals surface area contributed by atoms with Crippen LogP contribution in [0.2, 0.25) is 0 Å². The van der Waals surface area contributed by atoms with Crippen LogP contribution in [0, 0.1) is 5.39 Å². The van der Waals surface area contributed by atoms with E-state index in [1.807, 2.05) is 13.8 Å². The van der Waals surface area contributed by atoms with Crippen molar-refractivity contribution in [3.63, 3.8) is 0 Å². The Labute approximate surface area is 116 Å². The van der Waals surface area contributed by atoms with E-state index in [1.54, 1.807) is 18.2 Å². The van der Waals surface area contributed by atoms with E-state index in [9.17, 15) is 25.2 Å². The zero-order valence-electron chi connectivity index (χ0n) is 11.1. The van der Waals surface area contributed by atoms with Crippen LogP contribution in [0.3, 0.4) is 0 Å². The average molecular weight is 338 g/mol. The number of diazo groups is 1. The second-order valence-electron chi connectivity index (χ2n) is 3.55. The van der Waals surface area contributed by atoms with Crippen molar-refractivity contribution in [2.24, 2.45) is 0 Å². The van der Waals surface area contributed by atoms with Crippen LogP contribution in [-0.2, 0) is 0 Å². The summed E-state index contributed by atoms with van der Waals surface area (Å²) in [6.07, 6.45) is 0. The van der Waals surface area contributed by atoms with E-state index in [4.69, 9.17) is 14.9 Å². The normalized spacial score (nSPS) is 13.9. The molecule has 1 rings (SSSR count). The van der Waals surface area contributed by atoms with Gasteiger partial charge in [-0.2, -0.15) is 0 Å². The molecule has 0 fully saturated rings. The van der Waals surface area contributed by atoms with Gasteiger partial charge in [0, 0.05) is 0 Å². The van der Waals surface area contributed by atoms with Crippen LogP contribution in [0.5, 0.6) is 11.5 Å². The zero-order valence-corrected chi connectivity index (χ0v) is 12.0. The molecular formula is C10H13F6N2O2P. The van der Waals surface area contributed by atoms with Crippen molar-refractivity contribution in [3.8, 4) is 11.5 Å². The predicted molar refractivity (Wildman–Crippen MR) is 67.1 cm³/mol. The van der Waals surface area contributed by atoms with Gasteiger partial charge < -0.3 is 9.47 Å². The molecule has 0 aliphatic carbocycles. The van der Waals surface area contributed by atoms with Crippen molar-refractivity contribution >= 4 is 13.5 Å². The Morgan fingerprint density at radius 2 is 1.48 bits per heavy atom. The molecule has 21 heavy (non-hydrogen) atoms. The Balaban J connectivity index is 0.000000486. The van der Waals surface area contributed by atoms with E-state index in [-0.39, 0.29) is 0 Å². The summed E-state index contributed by atoms with van der Waals surface area (Å²) >= 11 is 0. The first-order valence-electron chi connectivity index (χ1n) is 5.58. The molecule has 0 aliphatic rings. The number of rotatable bonds is 4. The van der Waals surface area contributed by atoms with Crippen molar-refractivity contribution < 1.29 is 34.7 Å². The molecule has 1 aromatic carbocycles. The molecule has 0 N–H and O–H groups in total. The second-order valence-corrected chi connectivity index (χ2v) is 5.47. The fourth-order valence-electron chi connectivity index (χ4n) is 1.11. The summed E-state index contributed by atoms with van der Waals surface area (Å²) in [7, 11) is -10.7. The van der Waals surface area contributed by atoms with Gasteiger partial charge in [-0.1, -0.05) is 0 Å². The monoisotopic (exact) mass is 338 g/mol. The summed E-state index contributed by atoms with van der Waals surface area (Å²) in [5.74, 6) is 1.22.